The molecule has 0 bridgehead atoms. The van der Waals surface area contributed by atoms with Crippen molar-refractivity contribution in [2.24, 2.45) is 0 Å². The van der Waals surface area contributed by atoms with Gasteiger partial charge in [-0.1, -0.05) is 0 Å². The standard InChI is InChI=1S/C15H12BrFN2O2/c1-9(20)18-11-3-5-12(6-4-11)19-15(21)13-8-10(17)2-7-14(13)16/h2-8H,1H3,(H,18,20)(H,19,21). The van der Waals surface area contributed by atoms with Crippen LogP contribution in [0.25, 0.3) is 0 Å². The second-order valence-corrected chi connectivity index (χ2v) is 5.19. The van der Waals surface area contributed by atoms with Gasteiger partial charge in [0.1, 0.15) is 5.82 Å². The van der Waals surface area contributed by atoms with E-state index in [4.69, 9.17) is 0 Å². The number of hydrogen-bond acceptors (Lipinski definition) is 2. The van der Waals surface area contributed by atoms with Gasteiger partial charge in [0, 0.05) is 22.8 Å². The predicted octanol–water partition coefficient (Wildman–Crippen LogP) is 3.80. The third-order valence-corrected chi connectivity index (χ3v) is 3.33. The fourth-order valence-corrected chi connectivity index (χ4v) is 2.14. The molecule has 0 heterocycles. The highest BCUT2D eigenvalue weighted by Gasteiger charge is 2.11. The van der Waals surface area contributed by atoms with Crippen molar-refractivity contribution < 1.29 is 14.0 Å². The molecule has 0 aromatic heterocycles. The summed E-state index contributed by atoms with van der Waals surface area (Å²) in [6, 6.07) is 10.5. The first-order valence-corrected chi connectivity index (χ1v) is 6.89. The number of carbonyl (C=O) groups excluding carboxylic acids is 2. The Labute approximate surface area is 129 Å². The molecule has 0 aliphatic carbocycles. The molecule has 0 spiro atoms. The third-order valence-electron chi connectivity index (χ3n) is 2.64. The van der Waals surface area contributed by atoms with Crippen LogP contribution in [0, 0.1) is 5.82 Å². The van der Waals surface area contributed by atoms with Crippen LogP contribution in [-0.4, -0.2) is 11.8 Å². The van der Waals surface area contributed by atoms with E-state index >= 15 is 0 Å². The zero-order valence-corrected chi connectivity index (χ0v) is 12.7. The SMILES string of the molecule is CC(=O)Nc1ccc(NC(=O)c2cc(F)ccc2Br)cc1. The number of amides is 2. The molecule has 0 fully saturated rings. The summed E-state index contributed by atoms with van der Waals surface area (Å²) in [5, 5.41) is 5.28. The van der Waals surface area contributed by atoms with Crippen molar-refractivity contribution in [1.82, 2.24) is 0 Å². The molecule has 2 aromatic rings. The quantitative estimate of drug-likeness (QED) is 0.884. The molecule has 4 nitrogen and oxygen atoms in total. The number of benzene rings is 2. The maximum Gasteiger partial charge on any atom is 0.256 e. The van der Waals surface area contributed by atoms with Crippen molar-refractivity contribution in [3.63, 3.8) is 0 Å². The number of carbonyl (C=O) groups is 2. The minimum absolute atomic E-state index is 0.171. The Balaban J connectivity index is 2.12. The maximum atomic E-state index is 13.2. The van der Waals surface area contributed by atoms with E-state index in [1.54, 1.807) is 24.3 Å². The van der Waals surface area contributed by atoms with E-state index in [9.17, 15) is 14.0 Å². The lowest BCUT2D eigenvalue weighted by molar-refractivity contribution is -0.114. The molecule has 2 N–H and O–H groups in total. The molecule has 0 saturated carbocycles. The summed E-state index contributed by atoms with van der Waals surface area (Å²) in [7, 11) is 0. The van der Waals surface area contributed by atoms with Gasteiger partial charge in [0.15, 0.2) is 0 Å². The molecule has 0 atom stereocenters. The summed E-state index contributed by atoms with van der Waals surface area (Å²) in [5.74, 6) is -1.08. The van der Waals surface area contributed by atoms with E-state index in [1.807, 2.05) is 0 Å². The van der Waals surface area contributed by atoms with E-state index in [2.05, 4.69) is 26.6 Å². The summed E-state index contributed by atoms with van der Waals surface area (Å²) in [4.78, 5) is 23.0. The lowest BCUT2D eigenvalue weighted by Gasteiger charge is -2.08. The summed E-state index contributed by atoms with van der Waals surface area (Å²) in [6.07, 6.45) is 0. The van der Waals surface area contributed by atoms with Gasteiger partial charge in [-0.05, 0) is 58.4 Å². The lowest BCUT2D eigenvalue weighted by atomic mass is 10.2. The van der Waals surface area contributed by atoms with Crippen LogP contribution in [0.1, 0.15) is 17.3 Å². The Hall–Kier alpha value is -2.21. The molecule has 0 aliphatic heterocycles. The maximum absolute atomic E-state index is 13.2. The van der Waals surface area contributed by atoms with Gasteiger partial charge in [-0.15, -0.1) is 0 Å². The average molecular weight is 351 g/mol. The second-order valence-electron chi connectivity index (χ2n) is 4.34. The smallest absolute Gasteiger partial charge is 0.256 e. The van der Waals surface area contributed by atoms with Crippen LogP contribution in [0.2, 0.25) is 0 Å². The van der Waals surface area contributed by atoms with Gasteiger partial charge in [0.2, 0.25) is 5.91 Å². The highest BCUT2D eigenvalue weighted by molar-refractivity contribution is 9.10. The van der Waals surface area contributed by atoms with Gasteiger partial charge in [0.05, 0.1) is 5.56 Å². The van der Waals surface area contributed by atoms with Crippen LogP contribution in [0.15, 0.2) is 46.9 Å². The first-order chi connectivity index (χ1) is 9.95. The zero-order chi connectivity index (χ0) is 15.4. The van der Waals surface area contributed by atoms with Crippen molar-refractivity contribution in [2.45, 2.75) is 6.92 Å². The molecule has 6 heteroatoms. The normalized spacial score (nSPS) is 10.0. The number of rotatable bonds is 3. The Morgan fingerprint density at radius 2 is 1.57 bits per heavy atom. The first kappa shape index (κ1) is 15.2. The van der Waals surface area contributed by atoms with E-state index in [-0.39, 0.29) is 11.5 Å². The molecule has 21 heavy (non-hydrogen) atoms. The van der Waals surface area contributed by atoms with E-state index in [1.165, 1.54) is 19.1 Å². The summed E-state index contributed by atoms with van der Waals surface area (Å²) in [6.45, 7) is 1.41. The second kappa shape index (κ2) is 6.49. The number of halogens is 2. The Morgan fingerprint density at radius 3 is 2.14 bits per heavy atom. The van der Waals surface area contributed by atoms with Crippen molar-refractivity contribution in [3.8, 4) is 0 Å². The molecule has 108 valence electrons. The topological polar surface area (TPSA) is 58.2 Å². The van der Waals surface area contributed by atoms with Gasteiger partial charge in [-0.2, -0.15) is 0 Å². The monoisotopic (exact) mass is 350 g/mol. The molecule has 2 amide bonds. The third kappa shape index (κ3) is 4.13. The zero-order valence-electron chi connectivity index (χ0n) is 11.1. The van der Waals surface area contributed by atoms with Crippen LogP contribution in [0.4, 0.5) is 15.8 Å². The van der Waals surface area contributed by atoms with Crippen molar-refractivity contribution in [3.05, 3.63) is 58.3 Å². The molecule has 2 aromatic carbocycles. The molecule has 0 saturated heterocycles. The highest BCUT2D eigenvalue weighted by Crippen LogP contribution is 2.20. The predicted molar refractivity (Wildman–Crippen MR) is 82.8 cm³/mol. The van der Waals surface area contributed by atoms with E-state index in [0.717, 1.165) is 6.07 Å². The van der Waals surface area contributed by atoms with Crippen molar-refractivity contribution >= 4 is 39.1 Å². The Kier molecular flexibility index (Phi) is 4.70. The fraction of sp³-hybridized carbons (Fsp3) is 0.0667. The van der Waals surface area contributed by atoms with Gasteiger partial charge >= 0.3 is 0 Å². The molecule has 0 aliphatic rings. The molecular weight excluding hydrogens is 339 g/mol. The number of nitrogens with one attached hydrogen (secondary N) is 2. The van der Waals surface area contributed by atoms with Crippen LogP contribution in [0.5, 0.6) is 0 Å². The Bertz CT molecular complexity index is 687. The summed E-state index contributed by atoms with van der Waals surface area (Å²) < 4.78 is 13.7. The van der Waals surface area contributed by atoms with Gasteiger partial charge in [-0.25, -0.2) is 4.39 Å². The summed E-state index contributed by atoms with van der Waals surface area (Å²) >= 11 is 3.21. The lowest BCUT2D eigenvalue weighted by Crippen LogP contribution is -2.13. The Morgan fingerprint density at radius 1 is 1.00 bits per heavy atom. The number of anilines is 2. The summed E-state index contributed by atoms with van der Waals surface area (Å²) in [5.41, 5.74) is 1.39. The van der Waals surface area contributed by atoms with Crippen LogP contribution in [0.3, 0.4) is 0 Å². The first-order valence-electron chi connectivity index (χ1n) is 6.10. The minimum atomic E-state index is -0.482. The average Bonchev–Trinajstić information content (AvgIpc) is 2.43. The van der Waals surface area contributed by atoms with Gasteiger partial charge in [-0.3, -0.25) is 9.59 Å². The fourth-order valence-electron chi connectivity index (χ4n) is 1.71. The van der Waals surface area contributed by atoms with Crippen LogP contribution in [-0.2, 0) is 4.79 Å². The van der Waals surface area contributed by atoms with E-state index in [0.29, 0.717) is 15.8 Å². The molecular formula is C15H12BrFN2O2. The van der Waals surface area contributed by atoms with Crippen LogP contribution < -0.4 is 10.6 Å². The molecule has 0 radical (unpaired) electrons. The minimum Gasteiger partial charge on any atom is -0.326 e. The molecule has 2 rings (SSSR count). The van der Waals surface area contributed by atoms with E-state index < -0.39 is 11.7 Å². The van der Waals surface area contributed by atoms with Crippen molar-refractivity contribution in [2.75, 3.05) is 10.6 Å². The van der Waals surface area contributed by atoms with Crippen molar-refractivity contribution in [1.29, 1.82) is 0 Å². The highest BCUT2D eigenvalue weighted by atomic mass is 79.9. The van der Waals surface area contributed by atoms with Crippen LogP contribution >= 0.6 is 15.9 Å². The number of hydrogen-bond donors (Lipinski definition) is 2. The van der Waals surface area contributed by atoms with Gasteiger partial charge < -0.3 is 10.6 Å². The largest absolute Gasteiger partial charge is 0.326 e. The molecule has 0 unspecified atom stereocenters. The van der Waals surface area contributed by atoms with Gasteiger partial charge in [0.25, 0.3) is 5.91 Å².